The van der Waals surface area contributed by atoms with Gasteiger partial charge >= 0.3 is 0 Å². The van der Waals surface area contributed by atoms with Crippen LogP contribution < -0.4 is 5.32 Å². The van der Waals surface area contributed by atoms with Crippen molar-refractivity contribution in [2.24, 2.45) is 0 Å². The fourth-order valence-electron chi connectivity index (χ4n) is 2.82. The Hall–Kier alpha value is -1.42. The monoisotopic (exact) mass is 244 g/mol. The van der Waals surface area contributed by atoms with Gasteiger partial charge in [-0.25, -0.2) is 9.97 Å². The molecule has 0 bridgehead atoms. The van der Waals surface area contributed by atoms with Crippen molar-refractivity contribution in [3.05, 3.63) is 24.2 Å². The predicted octanol–water partition coefficient (Wildman–Crippen LogP) is 2.48. The summed E-state index contributed by atoms with van der Waals surface area (Å²) in [6, 6.07) is 4.42. The van der Waals surface area contributed by atoms with Gasteiger partial charge in [0, 0.05) is 24.7 Å². The highest BCUT2D eigenvalue weighted by Crippen LogP contribution is 2.28. The lowest BCUT2D eigenvalue weighted by molar-refractivity contribution is 0.425. The third-order valence-corrected chi connectivity index (χ3v) is 3.65. The Morgan fingerprint density at radius 3 is 3.06 bits per heavy atom. The van der Waals surface area contributed by atoms with Crippen molar-refractivity contribution in [1.82, 2.24) is 19.9 Å². The number of nitrogens with zero attached hydrogens (tertiary/aromatic N) is 3. The summed E-state index contributed by atoms with van der Waals surface area (Å²) in [5, 5.41) is 3.47. The molecule has 3 rings (SSSR count). The summed E-state index contributed by atoms with van der Waals surface area (Å²) in [7, 11) is 0. The highest BCUT2D eigenvalue weighted by Gasteiger charge is 2.23. The van der Waals surface area contributed by atoms with Gasteiger partial charge in [-0.05, 0) is 45.4 Å². The smallest absolute Gasteiger partial charge is 0.160 e. The molecule has 4 nitrogen and oxygen atoms in total. The van der Waals surface area contributed by atoms with Gasteiger partial charge in [0.25, 0.3) is 0 Å². The SMILES string of the molecule is CC(C)n1c(C2CCCNC2)nc2cccnc21. The van der Waals surface area contributed by atoms with Crippen molar-refractivity contribution in [3.63, 3.8) is 0 Å². The zero-order chi connectivity index (χ0) is 12.5. The predicted molar refractivity (Wildman–Crippen MR) is 72.8 cm³/mol. The van der Waals surface area contributed by atoms with Crippen LogP contribution in [-0.2, 0) is 0 Å². The van der Waals surface area contributed by atoms with Crippen LogP contribution in [0.4, 0.5) is 0 Å². The minimum absolute atomic E-state index is 0.404. The summed E-state index contributed by atoms with van der Waals surface area (Å²) in [6.45, 7) is 6.58. The number of piperidine rings is 1. The van der Waals surface area contributed by atoms with Gasteiger partial charge in [0.1, 0.15) is 11.3 Å². The Bertz CT molecular complexity index is 538. The van der Waals surface area contributed by atoms with Gasteiger partial charge < -0.3 is 9.88 Å². The van der Waals surface area contributed by atoms with E-state index in [1.807, 2.05) is 12.3 Å². The molecule has 2 aromatic heterocycles. The van der Waals surface area contributed by atoms with Crippen molar-refractivity contribution < 1.29 is 0 Å². The molecule has 4 heteroatoms. The van der Waals surface area contributed by atoms with Crippen molar-refractivity contribution in [2.75, 3.05) is 13.1 Å². The van der Waals surface area contributed by atoms with Gasteiger partial charge in [0.05, 0.1) is 0 Å². The van der Waals surface area contributed by atoms with Gasteiger partial charge in [-0.3, -0.25) is 0 Å². The summed E-state index contributed by atoms with van der Waals surface area (Å²) in [5.74, 6) is 1.72. The highest BCUT2D eigenvalue weighted by atomic mass is 15.2. The molecule has 1 atom stereocenters. The number of hydrogen-bond donors (Lipinski definition) is 1. The molecule has 0 spiro atoms. The van der Waals surface area contributed by atoms with E-state index >= 15 is 0 Å². The highest BCUT2D eigenvalue weighted by molar-refractivity contribution is 5.71. The molecule has 0 aromatic carbocycles. The second-order valence-electron chi connectivity index (χ2n) is 5.32. The first-order valence-corrected chi connectivity index (χ1v) is 6.81. The van der Waals surface area contributed by atoms with Crippen LogP contribution in [-0.4, -0.2) is 27.6 Å². The number of fused-ring (bicyclic) bond motifs is 1. The van der Waals surface area contributed by atoms with Crippen LogP contribution in [0.15, 0.2) is 18.3 Å². The number of rotatable bonds is 2. The first-order chi connectivity index (χ1) is 8.77. The average molecular weight is 244 g/mol. The fourth-order valence-corrected chi connectivity index (χ4v) is 2.82. The molecule has 0 saturated carbocycles. The Morgan fingerprint density at radius 2 is 2.33 bits per heavy atom. The van der Waals surface area contributed by atoms with E-state index in [2.05, 4.69) is 34.8 Å². The van der Waals surface area contributed by atoms with Crippen LogP contribution in [0.1, 0.15) is 44.5 Å². The summed E-state index contributed by atoms with van der Waals surface area (Å²) in [4.78, 5) is 9.32. The molecule has 0 aliphatic carbocycles. The molecule has 0 radical (unpaired) electrons. The normalized spacial score (nSPS) is 20.7. The third-order valence-electron chi connectivity index (χ3n) is 3.65. The molecule has 3 heterocycles. The average Bonchev–Trinajstić information content (AvgIpc) is 2.79. The molecule has 1 fully saturated rings. The molecule has 1 unspecified atom stereocenters. The van der Waals surface area contributed by atoms with Crippen molar-refractivity contribution in [3.8, 4) is 0 Å². The number of imidazole rings is 1. The van der Waals surface area contributed by atoms with E-state index in [4.69, 9.17) is 4.98 Å². The van der Waals surface area contributed by atoms with Crippen LogP contribution in [0.25, 0.3) is 11.2 Å². The summed E-state index contributed by atoms with van der Waals surface area (Å²) in [5.41, 5.74) is 2.04. The quantitative estimate of drug-likeness (QED) is 0.882. The second-order valence-corrected chi connectivity index (χ2v) is 5.32. The molecular formula is C14H20N4. The Kier molecular flexibility index (Phi) is 3.04. The van der Waals surface area contributed by atoms with Crippen LogP contribution in [0.2, 0.25) is 0 Å². The third kappa shape index (κ3) is 1.90. The summed E-state index contributed by atoms with van der Waals surface area (Å²) in [6.07, 6.45) is 4.31. The molecule has 1 saturated heterocycles. The maximum absolute atomic E-state index is 4.82. The maximum atomic E-state index is 4.82. The van der Waals surface area contributed by atoms with Gasteiger partial charge in [-0.1, -0.05) is 0 Å². The zero-order valence-corrected chi connectivity index (χ0v) is 11.1. The minimum atomic E-state index is 0.404. The minimum Gasteiger partial charge on any atom is -0.316 e. The molecule has 0 amide bonds. The van der Waals surface area contributed by atoms with Gasteiger partial charge in [0.2, 0.25) is 0 Å². The first-order valence-electron chi connectivity index (χ1n) is 6.81. The van der Waals surface area contributed by atoms with E-state index in [9.17, 15) is 0 Å². The molecule has 1 aliphatic heterocycles. The van der Waals surface area contributed by atoms with Gasteiger partial charge in [0.15, 0.2) is 5.65 Å². The molecule has 2 aromatic rings. The molecular weight excluding hydrogens is 224 g/mol. The largest absolute Gasteiger partial charge is 0.316 e. The van der Waals surface area contributed by atoms with E-state index < -0.39 is 0 Å². The lowest BCUT2D eigenvalue weighted by Gasteiger charge is -2.24. The molecule has 1 aliphatic rings. The van der Waals surface area contributed by atoms with Crippen molar-refractivity contribution in [2.45, 2.75) is 38.6 Å². The van der Waals surface area contributed by atoms with Crippen molar-refractivity contribution in [1.29, 1.82) is 0 Å². The standard InChI is InChI=1S/C14H20N4/c1-10(2)18-13(11-5-3-7-15-9-11)17-12-6-4-8-16-14(12)18/h4,6,8,10-11,15H,3,5,7,9H2,1-2H3. The Morgan fingerprint density at radius 1 is 1.44 bits per heavy atom. The maximum Gasteiger partial charge on any atom is 0.160 e. The van der Waals surface area contributed by atoms with Gasteiger partial charge in [-0.15, -0.1) is 0 Å². The fraction of sp³-hybridized carbons (Fsp3) is 0.571. The van der Waals surface area contributed by atoms with E-state index in [1.54, 1.807) is 0 Å². The first kappa shape index (κ1) is 11.7. The molecule has 96 valence electrons. The zero-order valence-electron chi connectivity index (χ0n) is 11.1. The Labute approximate surface area is 107 Å². The van der Waals surface area contributed by atoms with Crippen LogP contribution in [0, 0.1) is 0 Å². The number of aromatic nitrogens is 3. The number of nitrogens with one attached hydrogen (secondary N) is 1. The summed E-state index contributed by atoms with van der Waals surface area (Å²) < 4.78 is 2.30. The Balaban J connectivity index is 2.11. The van der Waals surface area contributed by atoms with Crippen LogP contribution in [0.3, 0.4) is 0 Å². The van der Waals surface area contributed by atoms with Crippen LogP contribution in [0.5, 0.6) is 0 Å². The van der Waals surface area contributed by atoms with E-state index in [-0.39, 0.29) is 0 Å². The lowest BCUT2D eigenvalue weighted by atomic mass is 9.98. The topological polar surface area (TPSA) is 42.7 Å². The summed E-state index contributed by atoms with van der Waals surface area (Å²) >= 11 is 0. The van der Waals surface area contributed by atoms with Crippen LogP contribution >= 0.6 is 0 Å². The number of pyridine rings is 1. The van der Waals surface area contributed by atoms with Gasteiger partial charge in [-0.2, -0.15) is 0 Å². The van der Waals surface area contributed by atoms with E-state index in [0.717, 1.165) is 24.3 Å². The molecule has 18 heavy (non-hydrogen) atoms. The van der Waals surface area contributed by atoms with E-state index in [1.165, 1.54) is 18.7 Å². The van der Waals surface area contributed by atoms with Crippen molar-refractivity contribution >= 4 is 11.2 Å². The van der Waals surface area contributed by atoms with E-state index in [0.29, 0.717) is 12.0 Å². The molecule has 1 N–H and O–H groups in total. The second kappa shape index (κ2) is 4.69. The lowest BCUT2D eigenvalue weighted by Crippen LogP contribution is -2.30. The number of hydrogen-bond acceptors (Lipinski definition) is 3.